The number of hydrogen-bond donors (Lipinski definition) is 2. The van der Waals surface area contributed by atoms with E-state index in [0.29, 0.717) is 23.1 Å². The number of anilines is 1. The number of rotatable bonds is 4. The third-order valence-electron chi connectivity index (χ3n) is 3.29. The van der Waals surface area contributed by atoms with E-state index in [1.165, 1.54) is 6.07 Å². The average molecular weight is 409 g/mol. The fourth-order valence-electron chi connectivity index (χ4n) is 2.16. The van der Waals surface area contributed by atoms with Gasteiger partial charge in [0.2, 0.25) is 5.84 Å². The zero-order chi connectivity index (χ0) is 17.2. The van der Waals surface area contributed by atoms with Crippen LogP contribution in [0.2, 0.25) is 0 Å². The van der Waals surface area contributed by atoms with Gasteiger partial charge in [0.15, 0.2) is 0 Å². The number of carbonyl (C=O) groups is 1. The van der Waals surface area contributed by atoms with Crippen LogP contribution < -0.4 is 10.6 Å². The lowest BCUT2D eigenvalue weighted by atomic mass is 10.2. The minimum Gasteiger partial charge on any atom is -0.349 e. The SMILES string of the molecule is O=C(NCCc1ccccn1)C1=NS(=O)(=O)c2cc(Br)ccc2N1. The lowest BCUT2D eigenvalue weighted by molar-refractivity contribution is -0.114. The Bertz CT molecular complexity index is 914. The molecule has 0 radical (unpaired) electrons. The number of pyridine rings is 1. The van der Waals surface area contributed by atoms with Crippen LogP contribution in [0.3, 0.4) is 0 Å². The normalized spacial score (nSPS) is 15.0. The summed E-state index contributed by atoms with van der Waals surface area (Å²) in [5, 5.41) is 5.39. The molecule has 1 aromatic heterocycles. The molecule has 1 aromatic carbocycles. The zero-order valence-electron chi connectivity index (χ0n) is 12.4. The first-order valence-electron chi connectivity index (χ1n) is 7.05. The first-order valence-corrected chi connectivity index (χ1v) is 9.29. The van der Waals surface area contributed by atoms with Crippen molar-refractivity contribution in [2.75, 3.05) is 11.9 Å². The number of fused-ring (bicyclic) bond motifs is 1. The summed E-state index contributed by atoms with van der Waals surface area (Å²) in [6.07, 6.45) is 2.21. The smallest absolute Gasteiger partial charge is 0.287 e. The maximum atomic E-state index is 12.2. The highest BCUT2D eigenvalue weighted by molar-refractivity contribution is 9.10. The fraction of sp³-hybridized carbons (Fsp3) is 0.133. The summed E-state index contributed by atoms with van der Waals surface area (Å²) in [6, 6.07) is 10.2. The minimum absolute atomic E-state index is 0.0295. The maximum absolute atomic E-state index is 12.2. The molecule has 2 N–H and O–H groups in total. The molecule has 1 aliphatic heterocycles. The zero-order valence-corrected chi connectivity index (χ0v) is 14.8. The van der Waals surface area contributed by atoms with Crippen LogP contribution in [0.5, 0.6) is 0 Å². The Labute approximate surface area is 147 Å². The van der Waals surface area contributed by atoms with E-state index >= 15 is 0 Å². The molecule has 0 atom stereocenters. The number of halogens is 1. The van der Waals surface area contributed by atoms with Crippen molar-refractivity contribution < 1.29 is 13.2 Å². The van der Waals surface area contributed by atoms with Gasteiger partial charge in [-0.05, 0) is 30.3 Å². The molecule has 0 fully saturated rings. The van der Waals surface area contributed by atoms with Crippen molar-refractivity contribution >= 4 is 43.4 Å². The van der Waals surface area contributed by atoms with Crippen molar-refractivity contribution in [2.24, 2.45) is 4.40 Å². The highest BCUT2D eigenvalue weighted by Crippen LogP contribution is 2.29. The van der Waals surface area contributed by atoms with Crippen LogP contribution in [-0.2, 0) is 21.2 Å². The molecule has 124 valence electrons. The lowest BCUT2D eigenvalue weighted by Gasteiger charge is -2.17. The Morgan fingerprint density at radius 1 is 1.25 bits per heavy atom. The van der Waals surface area contributed by atoms with E-state index in [0.717, 1.165) is 5.69 Å². The number of amides is 1. The molecular weight excluding hydrogens is 396 g/mol. The molecule has 1 amide bonds. The molecule has 0 spiro atoms. The van der Waals surface area contributed by atoms with E-state index < -0.39 is 15.9 Å². The summed E-state index contributed by atoms with van der Waals surface area (Å²) >= 11 is 3.22. The molecule has 1 aliphatic rings. The van der Waals surface area contributed by atoms with E-state index in [2.05, 4.69) is 35.9 Å². The molecular formula is C15H13BrN4O3S. The van der Waals surface area contributed by atoms with Gasteiger partial charge in [0.1, 0.15) is 4.90 Å². The van der Waals surface area contributed by atoms with Crippen molar-refractivity contribution in [3.63, 3.8) is 0 Å². The van der Waals surface area contributed by atoms with Crippen LogP contribution in [0.1, 0.15) is 5.69 Å². The topological polar surface area (TPSA) is 101 Å². The fourth-order valence-corrected chi connectivity index (χ4v) is 3.82. The van der Waals surface area contributed by atoms with Gasteiger partial charge in [0.05, 0.1) is 5.69 Å². The van der Waals surface area contributed by atoms with Gasteiger partial charge >= 0.3 is 0 Å². The van der Waals surface area contributed by atoms with Crippen LogP contribution in [0.4, 0.5) is 5.69 Å². The number of sulfonamides is 1. The van der Waals surface area contributed by atoms with Gasteiger partial charge in [-0.25, -0.2) is 0 Å². The van der Waals surface area contributed by atoms with Gasteiger partial charge in [-0.1, -0.05) is 22.0 Å². The Kier molecular flexibility index (Phi) is 4.63. The van der Waals surface area contributed by atoms with Gasteiger partial charge in [-0.3, -0.25) is 9.78 Å². The first kappa shape index (κ1) is 16.6. The number of hydrogen-bond acceptors (Lipinski definition) is 5. The summed E-state index contributed by atoms with van der Waals surface area (Å²) in [7, 11) is -3.91. The number of aromatic nitrogens is 1. The van der Waals surface area contributed by atoms with Crippen molar-refractivity contribution in [1.82, 2.24) is 10.3 Å². The summed E-state index contributed by atoms with van der Waals surface area (Å²) in [4.78, 5) is 16.3. The number of amidine groups is 1. The van der Waals surface area contributed by atoms with Crippen LogP contribution in [0, 0.1) is 0 Å². The van der Waals surface area contributed by atoms with Crippen molar-refractivity contribution in [1.29, 1.82) is 0 Å². The second-order valence-corrected chi connectivity index (χ2v) is 7.50. The number of nitrogens with one attached hydrogen (secondary N) is 2. The van der Waals surface area contributed by atoms with Crippen LogP contribution in [0.15, 0.2) is 56.4 Å². The molecule has 2 aromatic rings. The average Bonchev–Trinajstić information content (AvgIpc) is 2.56. The molecule has 0 saturated carbocycles. The monoisotopic (exact) mass is 408 g/mol. The van der Waals surface area contributed by atoms with Crippen molar-refractivity contribution in [3.05, 3.63) is 52.8 Å². The first-order chi connectivity index (χ1) is 11.5. The summed E-state index contributed by atoms with van der Waals surface area (Å²) < 4.78 is 28.6. The summed E-state index contributed by atoms with van der Waals surface area (Å²) in [6.45, 7) is 0.323. The van der Waals surface area contributed by atoms with E-state index in [-0.39, 0.29) is 10.7 Å². The van der Waals surface area contributed by atoms with Crippen LogP contribution in [0.25, 0.3) is 0 Å². The van der Waals surface area contributed by atoms with E-state index in [9.17, 15) is 13.2 Å². The molecule has 24 heavy (non-hydrogen) atoms. The predicted octanol–water partition coefficient (Wildman–Crippen LogP) is 1.72. The van der Waals surface area contributed by atoms with E-state index in [4.69, 9.17) is 0 Å². The molecule has 9 heteroatoms. The van der Waals surface area contributed by atoms with Gasteiger partial charge in [0.25, 0.3) is 15.9 Å². The van der Waals surface area contributed by atoms with Gasteiger partial charge in [-0.15, -0.1) is 4.40 Å². The standard InChI is InChI=1S/C15H13BrN4O3S/c16-10-4-5-12-13(9-10)24(22,23)20-14(19-12)15(21)18-8-6-11-3-1-2-7-17-11/h1-5,7,9H,6,8H2,(H,18,21)(H,19,20). The van der Waals surface area contributed by atoms with Gasteiger partial charge in [-0.2, -0.15) is 8.42 Å². The Hall–Kier alpha value is -2.26. The molecule has 2 heterocycles. The van der Waals surface area contributed by atoms with Gasteiger partial charge in [0, 0.05) is 29.3 Å². The third-order valence-corrected chi connectivity index (χ3v) is 5.10. The Morgan fingerprint density at radius 3 is 2.83 bits per heavy atom. The molecule has 0 aliphatic carbocycles. The van der Waals surface area contributed by atoms with Crippen LogP contribution >= 0.6 is 15.9 Å². The van der Waals surface area contributed by atoms with Crippen molar-refractivity contribution in [3.8, 4) is 0 Å². The van der Waals surface area contributed by atoms with E-state index in [1.54, 1.807) is 18.3 Å². The number of benzene rings is 1. The Balaban J connectivity index is 1.70. The minimum atomic E-state index is -3.91. The van der Waals surface area contributed by atoms with Crippen LogP contribution in [-0.4, -0.2) is 31.7 Å². The van der Waals surface area contributed by atoms with E-state index in [1.807, 2.05) is 18.2 Å². The highest BCUT2D eigenvalue weighted by atomic mass is 79.9. The summed E-state index contributed by atoms with van der Waals surface area (Å²) in [5.74, 6) is -0.825. The number of nitrogens with zero attached hydrogens (tertiary/aromatic N) is 2. The molecule has 0 saturated heterocycles. The molecule has 3 rings (SSSR count). The molecule has 0 bridgehead atoms. The molecule has 7 nitrogen and oxygen atoms in total. The third kappa shape index (κ3) is 3.62. The summed E-state index contributed by atoms with van der Waals surface area (Å²) in [5.41, 5.74) is 1.15. The van der Waals surface area contributed by atoms with Gasteiger partial charge < -0.3 is 10.6 Å². The Morgan fingerprint density at radius 2 is 2.08 bits per heavy atom. The quantitative estimate of drug-likeness (QED) is 0.801. The second-order valence-electron chi connectivity index (χ2n) is 5.01. The lowest BCUT2D eigenvalue weighted by Crippen LogP contribution is -2.39. The maximum Gasteiger partial charge on any atom is 0.287 e. The molecule has 0 unspecified atom stereocenters. The predicted molar refractivity (Wildman–Crippen MR) is 93.3 cm³/mol. The highest BCUT2D eigenvalue weighted by Gasteiger charge is 2.28. The largest absolute Gasteiger partial charge is 0.349 e. The second kappa shape index (κ2) is 6.70. The van der Waals surface area contributed by atoms with Crippen molar-refractivity contribution in [2.45, 2.75) is 11.3 Å². The number of carbonyl (C=O) groups excluding carboxylic acids is 1.